The molecule has 2 unspecified atom stereocenters. The Hall–Kier alpha value is -0.120. The lowest BCUT2D eigenvalue weighted by atomic mass is 9.74. The molecule has 0 amide bonds. The SMILES string of the molecule is OCC1NCCC12CCCOCC2. The lowest BCUT2D eigenvalue weighted by molar-refractivity contribution is 0.110. The zero-order valence-electron chi connectivity index (χ0n) is 8.09. The molecular weight excluding hydrogens is 166 g/mol. The second-order valence-corrected chi connectivity index (χ2v) is 4.27. The van der Waals surface area contributed by atoms with Crippen LogP contribution < -0.4 is 5.32 Å². The van der Waals surface area contributed by atoms with Gasteiger partial charge in [-0.05, 0) is 37.6 Å². The van der Waals surface area contributed by atoms with E-state index in [-0.39, 0.29) is 6.61 Å². The summed E-state index contributed by atoms with van der Waals surface area (Å²) >= 11 is 0. The Kier molecular flexibility index (Phi) is 2.86. The topological polar surface area (TPSA) is 41.5 Å². The minimum atomic E-state index is 0.278. The Bertz CT molecular complexity index is 164. The maximum atomic E-state index is 9.27. The van der Waals surface area contributed by atoms with E-state index in [1.54, 1.807) is 0 Å². The molecule has 2 heterocycles. The Labute approximate surface area is 79.5 Å². The number of rotatable bonds is 1. The maximum absolute atomic E-state index is 9.27. The van der Waals surface area contributed by atoms with Crippen LogP contribution in [0.2, 0.25) is 0 Å². The Morgan fingerprint density at radius 3 is 3.08 bits per heavy atom. The lowest BCUT2D eigenvalue weighted by Crippen LogP contribution is -2.39. The molecule has 2 rings (SSSR count). The van der Waals surface area contributed by atoms with E-state index in [9.17, 15) is 5.11 Å². The van der Waals surface area contributed by atoms with Gasteiger partial charge in [-0.2, -0.15) is 0 Å². The molecule has 0 aromatic carbocycles. The van der Waals surface area contributed by atoms with Crippen LogP contribution in [0.4, 0.5) is 0 Å². The average molecular weight is 185 g/mol. The quantitative estimate of drug-likeness (QED) is 0.626. The molecule has 3 nitrogen and oxygen atoms in total. The van der Waals surface area contributed by atoms with Crippen LogP contribution in [0.1, 0.15) is 25.7 Å². The van der Waals surface area contributed by atoms with E-state index in [1.807, 2.05) is 0 Å². The van der Waals surface area contributed by atoms with Gasteiger partial charge in [0.15, 0.2) is 0 Å². The molecule has 13 heavy (non-hydrogen) atoms. The van der Waals surface area contributed by atoms with Crippen LogP contribution in [0, 0.1) is 5.41 Å². The Balaban J connectivity index is 2.06. The monoisotopic (exact) mass is 185 g/mol. The summed E-state index contributed by atoms with van der Waals surface area (Å²) in [5.41, 5.74) is 0.339. The average Bonchev–Trinajstić information content (AvgIpc) is 2.37. The van der Waals surface area contributed by atoms with Crippen LogP contribution in [0.5, 0.6) is 0 Å². The molecule has 1 spiro atoms. The first-order chi connectivity index (χ1) is 6.37. The van der Waals surface area contributed by atoms with E-state index >= 15 is 0 Å². The number of hydrogen-bond acceptors (Lipinski definition) is 3. The number of hydrogen-bond donors (Lipinski definition) is 2. The molecule has 76 valence electrons. The standard InChI is InChI=1S/C10H19NO2/c12-8-9-10(3-5-11-9)2-1-6-13-7-4-10/h9,11-12H,1-8H2. The highest BCUT2D eigenvalue weighted by atomic mass is 16.5. The summed E-state index contributed by atoms with van der Waals surface area (Å²) in [5, 5.41) is 12.7. The molecule has 0 aromatic rings. The summed E-state index contributed by atoms with van der Waals surface area (Å²) in [5.74, 6) is 0. The first kappa shape index (κ1) is 9.44. The first-order valence-electron chi connectivity index (χ1n) is 5.29. The summed E-state index contributed by atoms with van der Waals surface area (Å²) in [6, 6.07) is 0.314. The van der Waals surface area contributed by atoms with E-state index in [1.165, 1.54) is 12.8 Å². The molecule has 0 aliphatic carbocycles. The Morgan fingerprint density at radius 2 is 2.23 bits per heavy atom. The van der Waals surface area contributed by atoms with Gasteiger partial charge in [0.1, 0.15) is 0 Å². The second-order valence-electron chi connectivity index (χ2n) is 4.27. The van der Waals surface area contributed by atoms with Crippen molar-refractivity contribution in [2.45, 2.75) is 31.7 Å². The third-order valence-electron chi connectivity index (χ3n) is 3.64. The summed E-state index contributed by atoms with van der Waals surface area (Å²) in [6.07, 6.45) is 4.69. The van der Waals surface area contributed by atoms with E-state index in [0.29, 0.717) is 11.5 Å². The Morgan fingerprint density at radius 1 is 1.31 bits per heavy atom. The summed E-state index contributed by atoms with van der Waals surface area (Å²) in [6.45, 7) is 3.11. The first-order valence-corrected chi connectivity index (χ1v) is 5.29. The van der Waals surface area contributed by atoms with E-state index in [0.717, 1.165) is 32.6 Å². The molecule has 2 fully saturated rings. The van der Waals surface area contributed by atoms with Crippen molar-refractivity contribution in [2.75, 3.05) is 26.4 Å². The third-order valence-corrected chi connectivity index (χ3v) is 3.64. The largest absolute Gasteiger partial charge is 0.395 e. The van der Waals surface area contributed by atoms with Crippen molar-refractivity contribution >= 4 is 0 Å². The highest BCUT2D eigenvalue weighted by Gasteiger charge is 2.42. The molecule has 0 bridgehead atoms. The highest BCUT2D eigenvalue weighted by molar-refractivity contribution is 4.97. The van der Waals surface area contributed by atoms with Gasteiger partial charge >= 0.3 is 0 Å². The van der Waals surface area contributed by atoms with E-state index < -0.39 is 0 Å². The van der Waals surface area contributed by atoms with Gasteiger partial charge in [0.05, 0.1) is 6.61 Å². The van der Waals surface area contributed by atoms with Gasteiger partial charge in [-0.25, -0.2) is 0 Å². The second kappa shape index (κ2) is 3.95. The normalized spacial score (nSPS) is 40.8. The summed E-state index contributed by atoms with van der Waals surface area (Å²) in [7, 11) is 0. The van der Waals surface area contributed by atoms with Gasteiger partial charge < -0.3 is 15.2 Å². The molecule has 2 saturated heterocycles. The van der Waals surface area contributed by atoms with Gasteiger partial charge in [0.25, 0.3) is 0 Å². The fourth-order valence-corrected chi connectivity index (χ4v) is 2.77. The number of aliphatic hydroxyl groups is 1. The molecule has 0 saturated carbocycles. The molecule has 2 aliphatic heterocycles. The van der Waals surface area contributed by atoms with E-state index in [4.69, 9.17) is 4.74 Å². The van der Waals surface area contributed by atoms with Crippen molar-refractivity contribution in [3.8, 4) is 0 Å². The van der Waals surface area contributed by atoms with Crippen LogP contribution in [0.3, 0.4) is 0 Å². The highest BCUT2D eigenvalue weighted by Crippen LogP contribution is 2.40. The van der Waals surface area contributed by atoms with Crippen molar-refractivity contribution in [1.29, 1.82) is 0 Å². The molecule has 2 N–H and O–H groups in total. The van der Waals surface area contributed by atoms with Crippen molar-refractivity contribution in [2.24, 2.45) is 5.41 Å². The fraction of sp³-hybridized carbons (Fsp3) is 1.00. The van der Waals surface area contributed by atoms with Crippen LogP contribution in [-0.4, -0.2) is 37.5 Å². The molecule has 2 atom stereocenters. The van der Waals surface area contributed by atoms with Crippen LogP contribution >= 0.6 is 0 Å². The summed E-state index contributed by atoms with van der Waals surface area (Å²) in [4.78, 5) is 0. The third kappa shape index (κ3) is 1.73. The molecule has 3 heteroatoms. The molecular formula is C10H19NO2. The predicted molar refractivity (Wildman–Crippen MR) is 50.6 cm³/mol. The van der Waals surface area contributed by atoms with Crippen molar-refractivity contribution < 1.29 is 9.84 Å². The van der Waals surface area contributed by atoms with Gasteiger partial charge in [0, 0.05) is 19.3 Å². The lowest BCUT2D eigenvalue weighted by Gasteiger charge is -2.32. The van der Waals surface area contributed by atoms with Crippen molar-refractivity contribution in [3.63, 3.8) is 0 Å². The minimum absolute atomic E-state index is 0.278. The fourth-order valence-electron chi connectivity index (χ4n) is 2.77. The van der Waals surface area contributed by atoms with Gasteiger partial charge in [-0.15, -0.1) is 0 Å². The van der Waals surface area contributed by atoms with Crippen molar-refractivity contribution in [3.05, 3.63) is 0 Å². The number of ether oxygens (including phenoxy) is 1. The smallest absolute Gasteiger partial charge is 0.0590 e. The number of nitrogens with one attached hydrogen (secondary N) is 1. The molecule has 0 radical (unpaired) electrons. The van der Waals surface area contributed by atoms with Crippen LogP contribution in [0.15, 0.2) is 0 Å². The van der Waals surface area contributed by atoms with Crippen LogP contribution in [0.25, 0.3) is 0 Å². The minimum Gasteiger partial charge on any atom is -0.395 e. The van der Waals surface area contributed by atoms with E-state index in [2.05, 4.69) is 5.32 Å². The maximum Gasteiger partial charge on any atom is 0.0590 e. The predicted octanol–water partition coefficient (Wildman–Crippen LogP) is 0.527. The zero-order chi connectivity index (χ0) is 9.15. The number of aliphatic hydroxyl groups excluding tert-OH is 1. The van der Waals surface area contributed by atoms with Gasteiger partial charge in [0.2, 0.25) is 0 Å². The molecule has 2 aliphatic rings. The molecule has 0 aromatic heterocycles. The van der Waals surface area contributed by atoms with Gasteiger partial charge in [-0.3, -0.25) is 0 Å². The van der Waals surface area contributed by atoms with Gasteiger partial charge in [-0.1, -0.05) is 0 Å². The van der Waals surface area contributed by atoms with Crippen LogP contribution in [-0.2, 0) is 4.74 Å². The van der Waals surface area contributed by atoms with Crippen molar-refractivity contribution in [1.82, 2.24) is 5.32 Å². The zero-order valence-corrected chi connectivity index (χ0v) is 8.09. The summed E-state index contributed by atoms with van der Waals surface area (Å²) < 4.78 is 5.46.